The number of carbonyl (C=O) groups is 1. The highest BCUT2D eigenvalue weighted by Crippen LogP contribution is 2.35. The molecule has 4 aromatic carbocycles. The Kier molecular flexibility index (Phi) is 6.73. The molecule has 6 rings (SSSR count). The van der Waals surface area contributed by atoms with Gasteiger partial charge in [-0.25, -0.2) is 4.68 Å². The van der Waals surface area contributed by atoms with Crippen molar-refractivity contribution in [2.24, 2.45) is 0 Å². The van der Waals surface area contributed by atoms with Gasteiger partial charge in [0.2, 0.25) is 0 Å². The van der Waals surface area contributed by atoms with E-state index in [0.717, 1.165) is 44.2 Å². The molecule has 1 amide bonds. The van der Waals surface area contributed by atoms with Gasteiger partial charge < -0.3 is 0 Å². The quantitative estimate of drug-likeness (QED) is 0.164. The number of aromatic nitrogens is 2. The van der Waals surface area contributed by atoms with Crippen LogP contribution in [0.2, 0.25) is 0 Å². The maximum Gasteiger partial charge on any atom is 0.291 e. The minimum atomic E-state index is -0.0424. The standard InChI is InChI=1S/C32H23N3OS2/c36-32-34(22-24-10-4-1-5-11-24)31(37)30(38-32)20-23-16-18-27(19-17-23)35-29(26-14-8-3-9-15-26)21-28(33-35)25-12-6-2-7-13-25/h1-21H,22H2. The number of carbonyl (C=O) groups excluding carboxylic acids is 1. The fourth-order valence-electron chi connectivity index (χ4n) is 4.41. The van der Waals surface area contributed by atoms with Gasteiger partial charge in [0.05, 0.1) is 28.5 Å². The van der Waals surface area contributed by atoms with E-state index in [-0.39, 0.29) is 5.24 Å². The molecule has 1 aliphatic heterocycles. The molecule has 0 saturated carbocycles. The van der Waals surface area contributed by atoms with Crippen molar-refractivity contribution in [2.75, 3.05) is 0 Å². The summed E-state index contributed by atoms with van der Waals surface area (Å²) in [7, 11) is 0. The lowest BCUT2D eigenvalue weighted by molar-refractivity contribution is 0.244. The predicted molar refractivity (Wildman–Crippen MR) is 160 cm³/mol. The van der Waals surface area contributed by atoms with Gasteiger partial charge in [-0.05, 0) is 47.2 Å². The van der Waals surface area contributed by atoms with Crippen LogP contribution in [0.3, 0.4) is 0 Å². The number of benzene rings is 4. The molecule has 0 spiro atoms. The van der Waals surface area contributed by atoms with Crippen molar-refractivity contribution in [3.63, 3.8) is 0 Å². The predicted octanol–water partition coefficient (Wildman–Crippen LogP) is 8.24. The Morgan fingerprint density at radius 3 is 2.03 bits per heavy atom. The van der Waals surface area contributed by atoms with Crippen LogP contribution in [0.15, 0.2) is 126 Å². The van der Waals surface area contributed by atoms with Crippen molar-refractivity contribution in [2.45, 2.75) is 6.54 Å². The number of nitrogens with zero attached hydrogens (tertiary/aromatic N) is 3. The van der Waals surface area contributed by atoms with Gasteiger partial charge in [0.15, 0.2) is 0 Å². The van der Waals surface area contributed by atoms with E-state index in [1.807, 2.05) is 102 Å². The summed E-state index contributed by atoms with van der Waals surface area (Å²) in [5.41, 5.74) is 7.09. The third-order valence-electron chi connectivity index (χ3n) is 6.34. The molecular weight excluding hydrogens is 507 g/mol. The Bertz CT molecular complexity index is 1630. The van der Waals surface area contributed by atoms with Crippen molar-refractivity contribution in [3.8, 4) is 28.2 Å². The molecule has 0 unspecified atom stereocenters. The molecule has 184 valence electrons. The van der Waals surface area contributed by atoms with E-state index in [9.17, 15) is 4.79 Å². The van der Waals surface area contributed by atoms with Gasteiger partial charge >= 0.3 is 0 Å². The zero-order chi connectivity index (χ0) is 25.9. The Morgan fingerprint density at radius 1 is 0.763 bits per heavy atom. The molecule has 0 bridgehead atoms. The van der Waals surface area contributed by atoms with Crippen LogP contribution < -0.4 is 0 Å². The highest BCUT2D eigenvalue weighted by Gasteiger charge is 2.31. The lowest BCUT2D eigenvalue weighted by Crippen LogP contribution is -2.26. The van der Waals surface area contributed by atoms with Crippen LogP contribution in [0.4, 0.5) is 4.79 Å². The van der Waals surface area contributed by atoms with E-state index < -0.39 is 0 Å². The lowest BCUT2D eigenvalue weighted by Gasteiger charge is -2.14. The van der Waals surface area contributed by atoms with Crippen molar-refractivity contribution in [1.82, 2.24) is 14.7 Å². The minimum Gasteiger partial charge on any atom is -0.288 e. The van der Waals surface area contributed by atoms with Crippen LogP contribution in [0.5, 0.6) is 0 Å². The average molecular weight is 530 g/mol. The van der Waals surface area contributed by atoms with Crippen LogP contribution in [0.25, 0.3) is 34.3 Å². The summed E-state index contributed by atoms with van der Waals surface area (Å²) in [6, 6.07) is 40.7. The molecule has 4 nitrogen and oxygen atoms in total. The Labute approximate surface area is 231 Å². The first-order valence-corrected chi connectivity index (χ1v) is 13.5. The summed E-state index contributed by atoms with van der Waals surface area (Å²) in [5.74, 6) is 0. The van der Waals surface area contributed by atoms with E-state index >= 15 is 0 Å². The first-order chi connectivity index (χ1) is 18.7. The number of amides is 1. The van der Waals surface area contributed by atoms with Gasteiger partial charge in [-0.3, -0.25) is 9.69 Å². The third kappa shape index (κ3) is 4.96. The number of hydrogen-bond donors (Lipinski definition) is 0. The molecule has 0 aliphatic carbocycles. The Morgan fingerprint density at radius 2 is 1.37 bits per heavy atom. The van der Waals surface area contributed by atoms with Crippen molar-refractivity contribution in [3.05, 3.63) is 137 Å². The number of thiocarbonyl (C=S) groups is 1. The molecule has 6 heteroatoms. The number of thioether (sulfide) groups is 1. The molecule has 1 aliphatic rings. The van der Waals surface area contributed by atoms with Gasteiger partial charge in [-0.1, -0.05) is 115 Å². The fraction of sp³-hybridized carbons (Fsp3) is 0.0312. The third-order valence-corrected chi connectivity index (χ3v) is 7.84. The molecule has 2 heterocycles. The second-order valence-electron chi connectivity index (χ2n) is 8.90. The van der Waals surface area contributed by atoms with Crippen molar-refractivity contribution < 1.29 is 4.79 Å². The normalized spacial score (nSPS) is 14.4. The molecular formula is C32H23N3OS2. The second-order valence-corrected chi connectivity index (χ2v) is 10.3. The summed E-state index contributed by atoms with van der Waals surface area (Å²) in [6.45, 7) is 0.479. The molecule has 1 aromatic heterocycles. The molecule has 1 fully saturated rings. The SMILES string of the molecule is O=C1SC(=Cc2ccc(-n3nc(-c4ccccc4)cc3-c3ccccc3)cc2)C(=S)N1Cc1ccccc1. The second kappa shape index (κ2) is 10.6. The first kappa shape index (κ1) is 24.1. The monoisotopic (exact) mass is 529 g/mol. The summed E-state index contributed by atoms with van der Waals surface area (Å²) in [4.78, 5) is 15.7. The van der Waals surface area contributed by atoms with Crippen molar-refractivity contribution in [1.29, 1.82) is 0 Å². The largest absolute Gasteiger partial charge is 0.291 e. The summed E-state index contributed by atoms with van der Waals surface area (Å²) in [5, 5.41) is 4.91. The van der Waals surface area contributed by atoms with Crippen LogP contribution in [0, 0.1) is 0 Å². The van der Waals surface area contributed by atoms with Gasteiger partial charge in [0.1, 0.15) is 4.99 Å². The Hall–Kier alpha value is -4.26. The van der Waals surface area contributed by atoms with Gasteiger partial charge in [-0.15, -0.1) is 0 Å². The van der Waals surface area contributed by atoms with E-state index in [0.29, 0.717) is 11.5 Å². The smallest absolute Gasteiger partial charge is 0.288 e. The van der Waals surface area contributed by atoms with E-state index in [2.05, 4.69) is 30.3 Å². The average Bonchev–Trinajstić information content (AvgIpc) is 3.53. The van der Waals surface area contributed by atoms with Crippen LogP contribution in [-0.4, -0.2) is 24.9 Å². The highest BCUT2D eigenvalue weighted by molar-refractivity contribution is 8.19. The molecule has 1 saturated heterocycles. The molecule has 0 N–H and O–H groups in total. The summed E-state index contributed by atoms with van der Waals surface area (Å²) >= 11 is 6.85. The number of hydrogen-bond acceptors (Lipinski definition) is 4. The molecule has 0 radical (unpaired) electrons. The summed E-state index contributed by atoms with van der Waals surface area (Å²) < 4.78 is 1.98. The number of rotatable bonds is 6. The van der Waals surface area contributed by atoms with Gasteiger partial charge in [0.25, 0.3) is 5.24 Å². The maximum atomic E-state index is 12.7. The fourth-order valence-corrected chi connectivity index (χ4v) is 5.64. The molecule has 0 atom stereocenters. The van der Waals surface area contributed by atoms with Crippen LogP contribution in [0.1, 0.15) is 11.1 Å². The van der Waals surface area contributed by atoms with Crippen molar-refractivity contribution >= 4 is 40.3 Å². The molecule has 5 aromatic rings. The lowest BCUT2D eigenvalue weighted by atomic mass is 10.1. The topological polar surface area (TPSA) is 38.1 Å². The maximum absolute atomic E-state index is 12.7. The first-order valence-electron chi connectivity index (χ1n) is 12.3. The van der Waals surface area contributed by atoms with Gasteiger partial charge in [-0.2, -0.15) is 5.10 Å². The minimum absolute atomic E-state index is 0.0424. The highest BCUT2D eigenvalue weighted by atomic mass is 32.2. The van der Waals surface area contributed by atoms with E-state index in [1.165, 1.54) is 11.8 Å². The van der Waals surface area contributed by atoms with Crippen LogP contribution >= 0.6 is 24.0 Å². The van der Waals surface area contributed by atoms with E-state index in [4.69, 9.17) is 17.3 Å². The molecule has 38 heavy (non-hydrogen) atoms. The van der Waals surface area contributed by atoms with E-state index in [1.54, 1.807) is 4.90 Å². The van der Waals surface area contributed by atoms with Crippen LogP contribution in [-0.2, 0) is 6.54 Å². The zero-order valence-corrected chi connectivity index (χ0v) is 22.0. The Balaban J connectivity index is 1.29. The van der Waals surface area contributed by atoms with Gasteiger partial charge in [0, 0.05) is 11.1 Å². The summed E-state index contributed by atoms with van der Waals surface area (Å²) in [6.07, 6.45) is 1.98. The zero-order valence-electron chi connectivity index (χ0n) is 20.4.